The van der Waals surface area contributed by atoms with Crippen LogP contribution in [0.25, 0.3) is 6.08 Å². The summed E-state index contributed by atoms with van der Waals surface area (Å²) in [7, 11) is 0. The summed E-state index contributed by atoms with van der Waals surface area (Å²) in [6, 6.07) is 2.56. The molecule has 1 atom stereocenters. The quantitative estimate of drug-likeness (QED) is 0.846. The van der Waals surface area contributed by atoms with E-state index >= 15 is 0 Å². The summed E-state index contributed by atoms with van der Waals surface area (Å²) in [5.41, 5.74) is 1.44. The van der Waals surface area contributed by atoms with E-state index in [1.54, 1.807) is 23.6 Å². The van der Waals surface area contributed by atoms with Gasteiger partial charge in [-0.1, -0.05) is 0 Å². The predicted octanol–water partition coefficient (Wildman–Crippen LogP) is 3.09. The Morgan fingerprint density at radius 1 is 1.57 bits per heavy atom. The second-order valence-electron chi connectivity index (χ2n) is 5.80. The summed E-state index contributed by atoms with van der Waals surface area (Å²) in [4.78, 5) is 21.1. The highest BCUT2D eigenvalue weighted by Crippen LogP contribution is 2.24. The van der Waals surface area contributed by atoms with E-state index < -0.39 is 0 Å². The largest absolute Gasteiger partial charge is 0.351 e. The summed E-state index contributed by atoms with van der Waals surface area (Å²) in [6.45, 7) is 6.87. The van der Waals surface area contributed by atoms with Crippen LogP contribution in [0.1, 0.15) is 27.2 Å². The van der Waals surface area contributed by atoms with E-state index in [0.29, 0.717) is 12.6 Å². The molecule has 0 radical (unpaired) electrons. The molecule has 0 saturated carbocycles. The molecule has 1 N–H and O–H groups in total. The summed E-state index contributed by atoms with van der Waals surface area (Å²) >= 11 is 3.44. The van der Waals surface area contributed by atoms with Crippen LogP contribution in [0.2, 0.25) is 0 Å². The predicted molar refractivity (Wildman–Crippen MR) is 96.8 cm³/mol. The molecule has 122 valence electrons. The minimum absolute atomic E-state index is 0.0452. The van der Waals surface area contributed by atoms with Crippen LogP contribution in [-0.4, -0.2) is 34.9 Å². The number of thiazole rings is 1. The molecule has 1 amide bonds. The van der Waals surface area contributed by atoms with Crippen molar-refractivity contribution in [3.63, 3.8) is 0 Å². The molecule has 0 aliphatic carbocycles. The molecular weight excluding hydrogens is 326 g/mol. The van der Waals surface area contributed by atoms with Crippen molar-refractivity contribution in [1.82, 2.24) is 15.2 Å². The second-order valence-corrected chi connectivity index (χ2v) is 8.07. The van der Waals surface area contributed by atoms with Gasteiger partial charge in [0.05, 0.1) is 5.01 Å². The Balaban J connectivity index is 1.46. The number of hydrogen-bond donors (Lipinski definition) is 1. The van der Waals surface area contributed by atoms with Gasteiger partial charge in [0.25, 0.3) is 0 Å². The molecule has 0 spiro atoms. The Hall–Kier alpha value is -1.50. The SMILES string of the molecule is Cc1ncc(/C=C\C(=O)NC[C@@H](C)N2CCc3sccc3C2)s1. The van der Waals surface area contributed by atoms with Crippen LogP contribution in [-0.2, 0) is 17.8 Å². The van der Waals surface area contributed by atoms with Crippen LogP contribution in [0.4, 0.5) is 0 Å². The van der Waals surface area contributed by atoms with Gasteiger partial charge >= 0.3 is 0 Å². The van der Waals surface area contributed by atoms with Crippen LogP contribution in [0.5, 0.6) is 0 Å². The van der Waals surface area contributed by atoms with Crippen LogP contribution >= 0.6 is 22.7 Å². The lowest BCUT2D eigenvalue weighted by Gasteiger charge is -2.32. The minimum atomic E-state index is -0.0452. The number of amides is 1. The minimum Gasteiger partial charge on any atom is -0.351 e. The first-order valence-electron chi connectivity index (χ1n) is 7.79. The van der Waals surface area contributed by atoms with Gasteiger partial charge in [0.2, 0.25) is 5.91 Å². The molecule has 6 heteroatoms. The van der Waals surface area contributed by atoms with Gasteiger partial charge < -0.3 is 5.32 Å². The second kappa shape index (κ2) is 7.38. The smallest absolute Gasteiger partial charge is 0.244 e. The molecule has 0 unspecified atom stereocenters. The monoisotopic (exact) mass is 347 g/mol. The van der Waals surface area contributed by atoms with Crippen molar-refractivity contribution in [2.45, 2.75) is 32.9 Å². The van der Waals surface area contributed by atoms with E-state index in [1.165, 1.54) is 10.4 Å². The van der Waals surface area contributed by atoms with Crippen molar-refractivity contribution in [2.24, 2.45) is 0 Å². The number of fused-ring (bicyclic) bond motifs is 1. The normalized spacial score (nSPS) is 16.4. The highest BCUT2D eigenvalue weighted by atomic mass is 32.1. The van der Waals surface area contributed by atoms with Crippen LogP contribution < -0.4 is 5.32 Å². The maximum Gasteiger partial charge on any atom is 0.244 e. The first kappa shape index (κ1) is 16.4. The number of thiophene rings is 1. The Morgan fingerprint density at radius 3 is 3.22 bits per heavy atom. The van der Waals surface area contributed by atoms with Crippen LogP contribution in [0.15, 0.2) is 23.7 Å². The van der Waals surface area contributed by atoms with E-state index in [1.807, 2.05) is 24.3 Å². The fourth-order valence-corrected chi connectivity index (χ4v) is 4.27. The molecule has 0 saturated heterocycles. The zero-order valence-electron chi connectivity index (χ0n) is 13.4. The molecule has 1 aliphatic rings. The van der Waals surface area contributed by atoms with Crippen LogP contribution in [0, 0.1) is 6.92 Å². The van der Waals surface area contributed by atoms with E-state index in [-0.39, 0.29) is 5.91 Å². The Bertz CT molecular complexity index is 704. The number of carbonyl (C=O) groups is 1. The van der Waals surface area contributed by atoms with E-state index in [2.05, 4.69) is 33.6 Å². The third-order valence-corrected chi connectivity index (χ3v) is 5.97. The average molecular weight is 348 g/mol. The van der Waals surface area contributed by atoms with Gasteiger partial charge in [0.1, 0.15) is 0 Å². The van der Waals surface area contributed by atoms with Crippen molar-refractivity contribution in [3.8, 4) is 0 Å². The standard InChI is InChI=1S/C17H21N3OS2/c1-12(20-7-5-16-14(11-20)6-8-22-16)9-19-17(21)4-3-15-10-18-13(2)23-15/h3-4,6,8,10,12H,5,7,9,11H2,1-2H3,(H,19,21)/b4-3-/t12-/m1/s1. The molecule has 2 aromatic heterocycles. The fourth-order valence-electron chi connectivity index (χ4n) is 2.70. The molecule has 1 aliphatic heterocycles. The average Bonchev–Trinajstić information content (AvgIpc) is 3.18. The van der Waals surface area contributed by atoms with Gasteiger partial charge in [-0.15, -0.1) is 22.7 Å². The number of aryl methyl sites for hydroxylation is 1. The highest BCUT2D eigenvalue weighted by Gasteiger charge is 2.21. The third-order valence-electron chi connectivity index (χ3n) is 4.07. The Kier molecular flexibility index (Phi) is 5.25. The molecular formula is C17H21N3OS2. The number of rotatable bonds is 5. The molecule has 23 heavy (non-hydrogen) atoms. The van der Waals surface area contributed by atoms with E-state index in [0.717, 1.165) is 29.4 Å². The first-order valence-corrected chi connectivity index (χ1v) is 9.49. The van der Waals surface area contributed by atoms with Gasteiger partial charge in [-0.2, -0.15) is 0 Å². The molecule has 2 aromatic rings. The zero-order chi connectivity index (χ0) is 16.2. The Labute approximate surface area is 144 Å². The van der Waals surface area contributed by atoms with Crippen molar-refractivity contribution >= 4 is 34.7 Å². The number of nitrogens with zero attached hydrogens (tertiary/aromatic N) is 2. The third kappa shape index (κ3) is 4.28. The molecule has 3 heterocycles. The lowest BCUT2D eigenvalue weighted by Crippen LogP contribution is -2.43. The van der Waals surface area contributed by atoms with Gasteiger partial charge in [-0.3, -0.25) is 9.69 Å². The highest BCUT2D eigenvalue weighted by molar-refractivity contribution is 7.12. The van der Waals surface area contributed by atoms with Gasteiger partial charge in [-0.25, -0.2) is 4.98 Å². The first-order chi connectivity index (χ1) is 11.1. The summed E-state index contributed by atoms with van der Waals surface area (Å²) in [5, 5.41) is 6.18. The lowest BCUT2D eigenvalue weighted by atomic mass is 10.1. The number of aromatic nitrogens is 1. The lowest BCUT2D eigenvalue weighted by molar-refractivity contribution is -0.116. The molecule has 0 bridgehead atoms. The number of nitrogens with one attached hydrogen (secondary N) is 1. The van der Waals surface area contributed by atoms with Crippen molar-refractivity contribution in [2.75, 3.05) is 13.1 Å². The van der Waals surface area contributed by atoms with Gasteiger partial charge in [0.15, 0.2) is 0 Å². The van der Waals surface area contributed by atoms with Crippen molar-refractivity contribution in [1.29, 1.82) is 0 Å². The van der Waals surface area contributed by atoms with Crippen molar-refractivity contribution in [3.05, 3.63) is 44.0 Å². The molecule has 0 fully saturated rings. The number of carbonyl (C=O) groups excluding carboxylic acids is 1. The molecule has 4 nitrogen and oxygen atoms in total. The van der Waals surface area contributed by atoms with E-state index in [4.69, 9.17) is 0 Å². The number of hydrogen-bond acceptors (Lipinski definition) is 5. The van der Waals surface area contributed by atoms with Gasteiger partial charge in [-0.05, 0) is 43.4 Å². The Morgan fingerprint density at radius 2 is 2.43 bits per heavy atom. The summed E-state index contributed by atoms with van der Waals surface area (Å²) < 4.78 is 0. The maximum atomic E-state index is 11.9. The van der Waals surface area contributed by atoms with Crippen molar-refractivity contribution < 1.29 is 4.79 Å². The van der Waals surface area contributed by atoms with Crippen LogP contribution in [0.3, 0.4) is 0 Å². The maximum absolute atomic E-state index is 11.9. The zero-order valence-corrected chi connectivity index (χ0v) is 15.0. The molecule has 0 aromatic carbocycles. The van der Waals surface area contributed by atoms with E-state index in [9.17, 15) is 4.79 Å². The fraction of sp³-hybridized carbons (Fsp3) is 0.412. The topological polar surface area (TPSA) is 45.2 Å². The van der Waals surface area contributed by atoms with Gasteiger partial charge in [0, 0.05) is 47.7 Å². The molecule has 3 rings (SSSR count). The summed E-state index contributed by atoms with van der Waals surface area (Å²) in [5.74, 6) is -0.0452. The summed E-state index contributed by atoms with van der Waals surface area (Å²) in [6.07, 6.45) is 6.32.